The van der Waals surface area contributed by atoms with E-state index in [1.165, 1.54) is 17.5 Å². The molecule has 0 saturated heterocycles. The number of hydrogen-bond acceptors (Lipinski definition) is 6. The summed E-state index contributed by atoms with van der Waals surface area (Å²) in [5.74, 6) is 0.391. The Labute approximate surface area is 195 Å². The highest BCUT2D eigenvalue weighted by Crippen LogP contribution is 2.40. The van der Waals surface area contributed by atoms with Gasteiger partial charge in [-0.1, -0.05) is 55.1 Å². The molecule has 3 aliphatic rings. The van der Waals surface area contributed by atoms with E-state index in [4.69, 9.17) is 30.2 Å². The van der Waals surface area contributed by atoms with Crippen molar-refractivity contribution < 1.29 is 38.2 Å². The number of hydrogen-bond donors (Lipinski definition) is 0. The normalized spacial score (nSPS) is 21.3. The standard InChI is InChI=1S/C22H29ClN3O.ClHO4/c1-24(2)14-20-21(23)25-13-12-16-8-6-7-11-18(16)19(25)15-26(20)22(27)17-9-4-3-5-10-17;2-1(3,4)5/h6-8,11,14,17,19H,3-5,9-10,12-13,15H2,1-2H3;(H,2,3,4,5)/q+1;/p-1. The van der Waals surface area contributed by atoms with E-state index in [1.807, 2.05) is 29.8 Å². The van der Waals surface area contributed by atoms with Crippen molar-refractivity contribution in [3.63, 3.8) is 0 Å². The fourth-order valence-corrected chi connectivity index (χ4v) is 5.11. The van der Waals surface area contributed by atoms with E-state index >= 15 is 0 Å². The van der Waals surface area contributed by atoms with Gasteiger partial charge in [-0.2, -0.15) is 0 Å². The molecule has 0 radical (unpaired) electrons. The lowest BCUT2D eigenvalue weighted by Crippen LogP contribution is -2.68. The molecule has 1 aromatic carbocycles. The Hall–Kier alpha value is -1.68. The van der Waals surface area contributed by atoms with Crippen molar-refractivity contribution in [3.8, 4) is 0 Å². The topological polar surface area (TPSA) is 119 Å². The van der Waals surface area contributed by atoms with Crippen molar-refractivity contribution in [3.05, 3.63) is 46.2 Å². The molecule has 10 heteroatoms. The highest BCUT2D eigenvalue weighted by Gasteiger charge is 2.40. The lowest BCUT2D eigenvalue weighted by molar-refractivity contribution is -2.00. The molecule has 0 spiro atoms. The number of allylic oxidation sites excluding steroid dienone is 1. The summed E-state index contributed by atoms with van der Waals surface area (Å²) in [5.41, 5.74) is 3.55. The summed E-state index contributed by atoms with van der Waals surface area (Å²) in [6.07, 6.45) is 8.58. The molecular formula is C22H29Cl2N3O5. The van der Waals surface area contributed by atoms with Crippen LogP contribution in [0.5, 0.6) is 0 Å². The number of rotatable bonds is 2. The maximum Gasteiger partial charge on any atom is 0.230 e. The highest BCUT2D eigenvalue weighted by atomic mass is 35.7. The second-order valence-electron chi connectivity index (χ2n) is 8.59. The molecule has 32 heavy (non-hydrogen) atoms. The molecule has 1 atom stereocenters. The third-order valence-electron chi connectivity index (χ3n) is 6.12. The van der Waals surface area contributed by atoms with Gasteiger partial charge in [0.1, 0.15) is 24.9 Å². The smallest absolute Gasteiger partial charge is 0.230 e. The average molecular weight is 486 g/mol. The van der Waals surface area contributed by atoms with Crippen LogP contribution >= 0.6 is 11.6 Å². The van der Waals surface area contributed by atoms with Gasteiger partial charge in [0, 0.05) is 12.5 Å². The molecular weight excluding hydrogens is 457 g/mol. The Balaban J connectivity index is 0.000000523. The van der Waals surface area contributed by atoms with Crippen LogP contribution in [0.3, 0.4) is 0 Å². The summed E-state index contributed by atoms with van der Waals surface area (Å²) in [6.45, 7) is 1.58. The van der Waals surface area contributed by atoms with Crippen LogP contribution in [0.2, 0.25) is 0 Å². The van der Waals surface area contributed by atoms with Crippen LogP contribution in [0, 0.1) is 16.2 Å². The molecule has 1 amide bonds. The second kappa shape index (κ2) is 10.5. The highest BCUT2D eigenvalue weighted by molar-refractivity contribution is 6.31. The van der Waals surface area contributed by atoms with E-state index in [0.29, 0.717) is 11.7 Å². The van der Waals surface area contributed by atoms with Gasteiger partial charge in [-0.05, 0) is 30.4 Å². The number of carbonyl (C=O) groups is 1. The summed E-state index contributed by atoms with van der Waals surface area (Å²) in [5, 5.41) is 0.707. The molecule has 4 rings (SSSR count). The SMILES string of the molecule is C[N+](C)=CC1=C(Cl)N2CCc3ccccc3C2CN1C(=O)C1CCCCC1.[O-][Cl+3]([O-])([O-])[O-]. The van der Waals surface area contributed by atoms with E-state index in [1.54, 1.807) is 0 Å². The first-order valence-electron chi connectivity index (χ1n) is 10.7. The number of amides is 1. The van der Waals surface area contributed by atoms with Gasteiger partial charge in [0.05, 0.1) is 12.6 Å². The number of nitrogens with zero attached hydrogens (tertiary/aromatic N) is 3. The van der Waals surface area contributed by atoms with Crippen molar-refractivity contribution in [1.82, 2.24) is 9.80 Å². The third kappa shape index (κ3) is 6.21. The van der Waals surface area contributed by atoms with Gasteiger partial charge in [-0.3, -0.25) is 4.79 Å². The maximum atomic E-state index is 13.5. The van der Waals surface area contributed by atoms with Crippen LogP contribution in [0.25, 0.3) is 0 Å². The summed E-state index contributed by atoms with van der Waals surface area (Å²) < 4.78 is 36.0. The summed E-state index contributed by atoms with van der Waals surface area (Å²) >= 11 is 6.90. The van der Waals surface area contributed by atoms with Crippen LogP contribution in [-0.2, 0) is 11.2 Å². The predicted octanol–water partition coefficient (Wildman–Crippen LogP) is -0.997. The number of halogens is 2. The molecule has 0 bridgehead atoms. The van der Waals surface area contributed by atoms with Crippen LogP contribution in [0.1, 0.15) is 49.3 Å². The molecule has 8 nitrogen and oxygen atoms in total. The summed E-state index contributed by atoms with van der Waals surface area (Å²) in [4.78, 5) is 17.7. The molecule has 1 fully saturated rings. The predicted molar refractivity (Wildman–Crippen MR) is 109 cm³/mol. The van der Waals surface area contributed by atoms with Gasteiger partial charge in [-0.15, -0.1) is 10.2 Å². The van der Waals surface area contributed by atoms with Crippen molar-refractivity contribution in [2.75, 3.05) is 27.2 Å². The lowest BCUT2D eigenvalue weighted by atomic mass is 9.87. The minimum absolute atomic E-state index is 0.138. The Bertz CT molecular complexity index is 884. The Morgan fingerprint density at radius 2 is 1.75 bits per heavy atom. The van der Waals surface area contributed by atoms with E-state index < -0.39 is 10.2 Å². The largest absolute Gasteiger partial charge is 0.351 e. The number of benzene rings is 1. The molecule has 1 aliphatic carbocycles. The molecule has 1 saturated carbocycles. The first-order valence-corrected chi connectivity index (χ1v) is 12.4. The zero-order valence-corrected chi connectivity index (χ0v) is 19.8. The molecule has 0 N–H and O–H groups in total. The van der Waals surface area contributed by atoms with Gasteiger partial charge in [0.2, 0.25) is 5.91 Å². The van der Waals surface area contributed by atoms with Crippen molar-refractivity contribution in [2.45, 2.75) is 44.6 Å². The number of fused-ring (bicyclic) bond motifs is 3. The van der Waals surface area contributed by atoms with Gasteiger partial charge >= 0.3 is 0 Å². The zero-order chi connectivity index (χ0) is 23.5. The Kier molecular flexibility index (Phi) is 8.19. The van der Waals surface area contributed by atoms with E-state index in [9.17, 15) is 4.79 Å². The van der Waals surface area contributed by atoms with Crippen LogP contribution < -0.4 is 18.6 Å². The van der Waals surface area contributed by atoms with Crippen molar-refractivity contribution in [1.29, 1.82) is 0 Å². The maximum absolute atomic E-state index is 13.5. The van der Waals surface area contributed by atoms with E-state index in [2.05, 4.69) is 29.2 Å². The average Bonchev–Trinajstić information content (AvgIpc) is 2.74. The van der Waals surface area contributed by atoms with E-state index in [0.717, 1.165) is 44.3 Å². The monoisotopic (exact) mass is 485 g/mol. The molecule has 176 valence electrons. The molecule has 1 unspecified atom stereocenters. The lowest BCUT2D eigenvalue weighted by Gasteiger charge is -2.46. The quantitative estimate of drug-likeness (QED) is 0.301. The Morgan fingerprint density at radius 1 is 1.12 bits per heavy atom. The van der Waals surface area contributed by atoms with Gasteiger partial charge < -0.3 is 9.80 Å². The first-order chi connectivity index (χ1) is 15.1. The van der Waals surface area contributed by atoms with Crippen LogP contribution in [0.4, 0.5) is 0 Å². The fraction of sp³-hybridized carbons (Fsp3) is 0.545. The molecule has 2 heterocycles. The van der Waals surface area contributed by atoms with Crippen LogP contribution in [-0.4, -0.2) is 53.7 Å². The minimum Gasteiger partial charge on any atom is -0.351 e. The van der Waals surface area contributed by atoms with Crippen LogP contribution in [0.15, 0.2) is 35.1 Å². The zero-order valence-electron chi connectivity index (χ0n) is 18.3. The summed E-state index contributed by atoms with van der Waals surface area (Å²) in [6, 6.07) is 8.74. The minimum atomic E-state index is -4.94. The third-order valence-corrected chi connectivity index (χ3v) is 6.53. The van der Waals surface area contributed by atoms with Crippen molar-refractivity contribution >= 4 is 23.7 Å². The molecule has 2 aliphatic heterocycles. The Morgan fingerprint density at radius 3 is 2.38 bits per heavy atom. The molecule has 1 aromatic rings. The summed E-state index contributed by atoms with van der Waals surface area (Å²) in [7, 11) is -0.976. The molecule has 0 aromatic heterocycles. The second-order valence-corrected chi connectivity index (χ2v) is 9.70. The first kappa shape index (κ1) is 25.0. The number of carbonyl (C=O) groups excluding carboxylic acids is 1. The van der Waals surface area contributed by atoms with Gasteiger partial charge in [-0.25, -0.2) is 23.2 Å². The van der Waals surface area contributed by atoms with Crippen molar-refractivity contribution in [2.24, 2.45) is 5.92 Å². The van der Waals surface area contributed by atoms with E-state index in [-0.39, 0.29) is 17.9 Å². The van der Waals surface area contributed by atoms with Gasteiger partial charge in [0.15, 0.2) is 6.21 Å². The van der Waals surface area contributed by atoms with Gasteiger partial charge in [0.25, 0.3) is 0 Å². The fourth-order valence-electron chi connectivity index (χ4n) is 4.76.